The molecular formula is C20H21BN4O2. The Labute approximate surface area is 159 Å². The fourth-order valence-electron chi connectivity index (χ4n) is 3.04. The highest BCUT2D eigenvalue weighted by molar-refractivity contribution is 6.63. The fourth-order valence-corrected chi connectivity index (χ4v) is 3.04. The molecular weight excluding hydrogens is 339 g/mol. The van der Waals surface area contributed by atoms with E-state index in [0.29, 0.717) is 5.82 Å². The highest BCUT2D eigenvalue weighted by Gasteiger charge is 2.52. The van der Waals surface area contributed by atoms with E-state index in [1.807, 2.05) is 36.5 Å². The molecule has 1 aliphatic rings. The summed E-state index contributed by atoms with van der Waals surface area (Å²) >= 11 is 0. The molecule has 0 bridgehead atoms. The summed E-state index contributed by atoms with van der Waals surface area (Å²) in [5, 5.41) is 0. The van der Waals surface area contributed by atoms with Gasteiger partial charge in [-0.15, -0.1) is 0 Å². The molecule has 0 unspecified atom stereocenters. The van der Waals surface area contributed by atoms with Crippen molar-refractivity contribution in [2.75, 3.05) is 0 Å². The summed E-state index contributed by atoms with van der Waals surface area (Å²) in [7, 11) is -0.450. The number of rotatable bonds is 3. The van der Waals surface area contributed by atoms with Crippen LogP contribution < -0.4 is 5.46 Å². The van der Waals surface area contributed by atoms with Gasteiger partial charge in [-0.1, -0.05) is 18.2 Å². The third-order valence-corrected chi connectivity index (χ3v) is 5.29. The Morgan fingerprint density at radius 1 is 0.852 bits per heavy atom. The van der Waals surface area contributed by atoms with Gasteiger partial charge in [0.1, 0.15) is 12.7 Å². The van der Waals surface area contributed by atoms with E-state index in [-0.39, 0.29) is 0 Å². The number of hydrogen-bond donors (Lipinski definition) is 0. The lowest BCUT2D eigenvalue weighted by Crippen LogP contribution is -2.41. The first-order valence-corrected chi connectivity index (χ1v) is 8.90. The van der Waals surface area contributed by atoms with Gasteiger partial charge >= 0.3 is 7.12 Å². The van der Waals surface area contributed by atoms with Crippen LogP contribution in [0.4, 0.5) is 0 Å². The number of nitrogens with zero attached hydrogens (tertiary/aromatic N) is 4. The number of hydrogen-bond acceptors (Lipinski definition) is 6. The fraction of sp³-hybridized carbons (Fsp3) is 0.300. The van der Waals surface area contributed by atoms with Gasteiger partial charge in [0.15, 0.2) is 5.82 Å². The highest BCUT2D eigenvalue weighted by Crippen LogP contribution is 2.37. The Morgan fingerprint density at radius 3 is 2.22 bits per heavy atom. The molecule has 27 heavy (non-hydrogen) atoms. The summed E-state index contributed by atoms with van der Waals surface area (Å²) in [6, 6.07) is 9.99. The van der Waals surface area contributed by atoms with E-state index in [2.05, 4.69) is 47.6 Å². The lowest BCUT2D eigenvalue weighted by atomic mass is 9.75. The van der Waals surface area contributed by atoms with E-state index in [0.717, 1.165) is 22.2 Å². The van der Waals surface area contributed by atoms with Crippen LogP contribution in [0.2, 0.25) is 0 Å². The zero-order valence-electron chi connectivity index (χ0n) is 15.9. The minimum atomic E-state index is -0.450. The van der Waals surface area contributed by atoms with Gasteiger partial charge in [0.25, 0.3) is 0 Å². The van der Waals surface area contributed by atoms with Crippen molar-refractivity contribution in [1.29, 1.82) is 0 Å². The molecule has 6 nitrogen and oxygen atoms in total. The van der Waals surface area contributed by atoms with E-state index >= 15 is 0 Å². The minimum absolute atomic E-state index is 0.398. The molecule has 1 aliphatic heterocycles. The zero-order valence-corrected chi connectivity index (χ0v) is 15.9. The molecule has 2 aromatic heterocycles. The second-order valence-electron chi connectivity index (χ2n) is 7.59. The van der Waals surface area contributed by atoms with E-state index in [1.54, 1.807) is 6.20 Å². The van der Waals surface area contributed by atoms with Crippen LogP contribution >= 0.6 is 0 Å². The van der Waals surface area contributed by atoms with Crippen LogP contribution in [-0.4, -0.2) is 38.3 Å². The van der Waals surface area contributed by atoms with Gasteiger partial charge in [0, 0.05) is 18.0 Å². The smallest absolute Gasteiger partial charge is 0.399 e. The molecule has 0 N–H and O–H groups in total. The van der Waals surface area contributed by atoms with E-state index < -0.39 is 18.3 Å². The second kappa shape index (κ2) is 6.51. The van der Waals surface area contributed by atoms with E-state index in [9.17, 15) is 0 Å². The Hall–Kier alpha value is -2.64. The van der Waals surface area contributed by atoms with Crippen LogP contribution in [0.15, 0.2) is 55.4 Å². The van der Waals surface area contributed by atoms with Gasteiger partial charge in [-0.3, -0.25) is 4.98 Å². The summed E-state index contributed by atoms with van der Waals surface area (Å²) in [5.41, 5.74) is 3.04. The first-order chi connectivity index (χ1) is 12.9. The van der Waals surface area contributed by atoms with Crippen molar-refractivity contribution in [3.63, 3.8) is 0 Å². The Balaban J connectivity index is 1.75. The van der Waals surface area contributed by atoms with Crippen molar-refractivity contribution in [3.05, 3.63) is 55.4 Å². The lowest BCUT2D eigenvalue weighted by molar-refractivity contribution is 0.00578. The molecule has 7 heteroatoms. The normalized spacial score (nSPS) is 17.9. The first-order valence-electron chi connectivity index (χ1n) is 8.90. The average Bonchev–Trinajstić information content (AvgIpc) is 2.90. The predicted octanol–water partition coefficient (Wildman–Crippen LogP) is 2.90. The molecule has 0 saturated carbocycles. The summed E-state index contributed by atoms with van der Waals surface area (Å²) in [6.45, 7) is 8.20. The number of pyridine rings is 1. The van der Waals surface area contributed by atoms with Crippen LogP contribution in [0.1, 0.15) is 27.7 Å². The third kappa shape index (κ3) is 3.24. The maximum absolute atomic E-state index is 6.24. The second-order valence-corrected chi connectivity index (χ2v) is 7.59. The quantitative estimate of drug-likeness (QED) is 0.669. The zero-order chi connectivity index (χ0) is 19.1. The van der Waals surface area contributed by atoms with Gasteiger partial charge in [-0.25, -0.2) is 15.0 Å². The number of benzene rings is 1. The van der Waals surface area contributed by atoms with Gasteiger partial charge in [0.2, 0.25) is 0 Å². The van der Waals surface area contributed by atoms with Crippen molar-refractivity contribution in [2.24, 2.45) is 0 Å². The highest BCUT2D eigenvalue weighted by atomic mass is 16.7. The van der Waals surface area contributed by atoms with Crippen molar-refractivity contribution in [2.45, 2.75) is 38.9 Å². The lowest BCUT2D eigenvalue weighted by Gasteiger charge is -2.32. The SMILES string of the molecule is CC1(C)OB(c2ccncc2-c2cccc(-c3ncncn3)c2)OC1(C)C. The van der Waals surface area contributed by atoms with Gasteiger partial charge < -0.3 is 9.31 Å². The summed E-state index contributed by atoms with van der Waals surface area (Å²) < 4.78 is 12.5. The molecule has 4 rings (SSSR count). The van der Waals surface area contributed by atoms with Crippen LogP contribution in [0.3, 0.4) is 0 Å². The number of aromatic nitrogens is 4. The maximum atomic E-state index is 6.24. The van der Waals surface area contributed by atoms with Crippen molar-refractivity contribution < 1.29 is 9.31 Å². The largest absolute Gasteiger partial charge is 0.495 e. The molecule has 0 amide bonds. The van der Waals surface area contributed by atoms with Crippen molar-refractivity contribution >= 4 is 12.6 Å². The predicted molar refractivity (Wildman–Crippen MR) is 104 cm³/mol. The molecule has 3 aromatic rings. The molecule has 3 heterocycles. The molecule has 0 atom stereocenters. The summed E-state index contributed by atoms with van der Waals surface area (Å²) in [4.78, 5) is 16.7. The topological polar surface area (TPSA) is 70.0 Å². The van der Waals surface area contributed by atoms with E-state index in [1.165, 1.54) is 12.7 Å². The monoisotopic (exact) mass is 360 g/mol. The van der Waals surface area contributed by atoms with Gasteiger partial charge in [-0.2, -0.15) is 0 Å². The standard InChI is InChI=1S/C20H21BN4O2/c1-19(2)20(3,4)27-21(26-19)17-8-9-22-11-16(17)14-6-5-7-15(10-14)18-24-12-23-13-25-18/h5-13H,1-4H3. The van der Waals surface area contributed by atoms with Gasteiger partial charge in [0.05, 0.1) is 11.2 Å². The molecule has 0 radical (unpaired) electrons. The first kappa shape index (κ1) is 17.8. The minimum Gasteiger partial charge on any atom is -0.399 e. The molecule has 136 valence electrons. The molecule has 0 spiro atoms. The molecule has 1 saturated heterocycles. The van der Waals surface area contributed by atoms with Gasteiger partial charge in [-0.05, 0) is 56.4 Å². The van der Waals surface area contributed by atoms with Crippen molar-refractivity contribution in [1.82, 2.24) is 19.9 Å². The Morgan fingerprint density at radius 2 is 1.52 bits per heavy atom. The van der Waals surface area contributed by atoms with Crippen LogP contribution in [0, 0.1) is 0 Å². The molecule has 0 aliphatic carbocycles. The van der Waals surface area contributed by atoms with Crippen LogP contribution in [0.25, 0.3) is 22.5 Å². The Bertz CT molecular complexity index is 947. The molecule has 1 aromatic carbocycles. The Kier molecular flexibility index (Phi) is 4.28. The molecule has 1 fully saturated rings. The maximum Gasteiger partial charge on any atom is 0.495 e. The average molecular weight is 360 g/mol. The van der Waals surface area contributed by atoms with Crippen molar-refractivity contribution in [3.8, 4) is 22.5 Å². The van der Waals surface area contributed by atoms with Crippen LogP contribution in [0.5, 0.6) is 0 Å². The third-order valence-electron chi connectivity index (χ3n) is 5.29. The van der Waals surface area contributed by atoms with E-state index in [4.69, 9.17) is 9.31 Å². The van der Waals surface area contributed by atoms with Crippen LogP contribution in [-0.2, 0) is 9.31 Å². The summed E-state index contributed by atoms with van der Waals surface area (Å²) in [6.07, 6.45) is 6.59. The summed E-state index contributed by atoms with van der Waals surface area (Å²) in [5.74, 6) is 0.632.